The molecule has 110 valence electrons. The van der Waals surface area contributed by atoms with Crippen LogP contribution in [0.4, 0.5) is 0 Å². The molecule has 0 aromatic heterocycles. The van der Waals surface area contributed by atoms with Crippen molar-refractivity contribution in [1.82, 2.24) is 0 Å². The Balaban J connectivity index is 1.86. The van der Waals surface area contributed by atoms with E-state index >= 15 is 0 Å². The fraction of sp³-hybridized carbons (Fsp3) is 0.333. The van der Waals surface area contributed by atoms with Crippen LogP contribution in [0.1, 0.15) is 35.4 Å². The van der Waals surface area contributed by atoms with E-state index in [0.29, 0.717) is 13.2 Å². The number of halogens is 1. The Bertz CT molecular complexity index is 607. The molecule has 0 fully saturated rings. The van der Waals surface area contributed by atoms with E-state index < -0.39 is 0 Å². The van der Waals surface area contributed by atoms with Gasteiger partial charge in [-0.25, -0.2) is 0 Å². The first-order valence-corrected chi connectivity index (χ1v) is 7.84. The van der Waals surface area contributed by atoms with Crippen molar-refractivity contribution >= 4 is 11.6 Å². The predicted molar refractivity (Wildman–Crippen MR) is 85.6 cm³/mol. The van der Waals surface area contributed by atoms with E-state index in [-0.39, 0.29) is 5.38 Å². The molecule has 0 spiro atoms. The lowest BCUT2D eigenvalue weighted by Crippen LogP contribution is -1.97. The number of benzene rings is 2. The van der Waals surface area contributed by atoms with Crippen LogP contribution in [0.15, 0.2) is 42.5 Å². The second-order valence-corrected chi connectivity index (χ2v) is 5.65. The highest BCUT2D eigenvalue weighted by atomic mass is 35.5. The van der Waals surface area contributed by atoms with Crippen LogP contribution in [-0.2, 0) is 6.42 Å². The van der Waals surface area contributed by atoms with Crippen molar-refractivity contribution in [2.75, 3.05) is 13.2 Å². The first-order valence-electron chi connectivity index (χ1n) is 7.40. The van der Waals surface area contributed by atoms with Crippen molar-refractivity contribution < 1.29 is 9.47 Å². The molecule has 0 bridgehead atoms. The van der Waals surface area contributed by atoms with E-state index in [9.17, 15) is 0 Å². The maximum absolute atomic E-state index is 6.61. The fourth-order valence-electron chi connectivity index (χ4n) is 2.45. The van der Waals surface area contributed by atoms with Gasteiger partial charge in [0.15, 0.2) is 11.5 Å². The Morgan fingerprint density at radius 3 is 2.33 bits per heavy atom. The van der Waals surface area contributed by atoms with Gasteiger partial charge in [-0.15, -0.1) is 11.6 Å². The van der Waals surface area contributed by atoms with Gasteiger partial charge >= 0.3 is 0 Å². The number of hydrogen-bond acceptors (Lipinski definition) is 2. The van der Waals surface area contributed by atoms with E-state index in [0.717, 1.165) is 35.5 Å². The molecule has 1 aliphatic rings. The Hall–Kier alpha value is -1.67. The molecule has 0 saturated carbocycles. The summed E-state index contributed by atoms with van der Waals surface area (Å²) in [7, 11) is 0. The topological polar surface area (TPSA) is 18.5 Å². The predicted octanol–water partition coefficient (Wildman–Crippen LogP) is 4.74. The van der Waals surface area contributed by atoms with Crippen LogP contribution < -0.4 is 9.47 Å². The number of aryl methyl sites for hydroxylation is 1. The van der Waals surface area contributed by atoms with Gasteiger partial charge in [0.25, 0.3) is 0 Å². The molecule has 0 amide bonds. The minimum absolute atomic E-state index is 0.173. The van der Waals surface area contributed by atoms with Gasteiger partial charge in [0.05, 0.1) is 18.6 Å². The summed E-state index contributed by atoms with van der Waals surface area (Å²) in [4.78, 5) is 0. The number of rotatable bonds is 3. The molecule has 1 atom stereocenters. The second kappa shape index (κ2) is 6.40. The molecule has 21 heavy (non-hydrogen) atoms. The lowest BCUT2D eigenvalue weighted by Gasteiger charge is -2.14. The van der Waals surface area contributed by atoms with Crippen molar-refractivity contribution in [3.63, 3.8) is 0 Å². The minimum Gasteiger partial charge on any atom is -0.490 e. The molecule has 1 aliphatic heterocycles. The van der Waals surface area contributed by atoms with E-state index in [4.69, 9.17) is 21.1 Å². The van der Waals surface area contributed by atoms with Gasteiger partial charge in [-0.2, -0.15) is 0 Å². The van der Waals surface area contributed by atoms with Crippen molar-refractivity contribution in [1.29, 1.82) is 0 Å². The van der Waals surface area contributed by atoms with Gasteiger partial charge in [-0.3, -0.25) is 0 Å². The molecule has 0 saturated heterocycles. The summed E-state index contributed by atoms with van der Waals surface area (Å²) in [5, 5.41) is -0.173. The summed E-state index contributed by atoms with van der Waals surface area (Å²) in [5.41, 5.74) is 3.45. The zero-order chi connectivity index (χ0) is 14.7. The summed E-state index contributed by atoms with van der Waals surface area (Å²) in [6.07, 6.45) is 1.95. The number of fused-ring (bicyclic) bond motifs is 1. The second-order valence-electron chi connectivity index (χ2n) is 5.21. The molecule has 0 aliphatic carbocycles. The molecule has 0 radical (unpaired) electrons. The van der Waals surface area contributed by atoms with Crippen LogP contribution in [0.25, 0.3) is 0 Å². The highest BCUT2D eigenvalue weighted by Crippen LogP contribution is 2.36. The molecular formula is C18H19ClO2. The minimum atomic E-state index is -0.173. The quantitative estimate of drug-likeness (QED) is 0.763. The lowest BCUT2D eigenvalue weighted by atomic mass is 10.0. The van der Waals surface area contributed by atoms with Crippen LogP contribution in [0.2, 0.25) is 0 Å². The molecule has 1 unspecified atom stereocenters. The molecule has 1 heterocycles. The van der Waals surface area contributed by atoms with Crippen molar-refractivity contribution in [2.45, 2.75) is 25.1 Å². The first kappa shape index (κ1) is 14.3. The maximum Gasteiger partial charge on any atom is 0.161 e. The van der Waals surface area contributed by atoms with Crippen molar-refractivity contribution in [3.05, 3.63) is 59.2 Å². The lowest BCUT2D eigenvalue weighted by molar-refractivity contribution is 0.297. The van der Waals surface area contributed by atoms with E-state index in [1.807, 2.05) is 18.2 Å². The zero-order valence-electron chi connectivity index (χ0n) is 12.1. The Morgan fingerprint density at radius 2 is 1.62 bits per heavy atom. The van der Waals surface area contributed by atoms with Gasteiger partial charge in [0, 0.05) is 6.42 Å². The molecule has 2 nitrogen and oxygen atoms in total. The van der Waals surface area contributed by atoms with Crippen LogP contribution in [0.3, 0.4) is 0 Å². The number of ether oxygens (including phenoxy) is 2. The molecule has 0 N–H and O–H groups in total. The largest absolute Gasteiger partial charge is 0.490 e. The summed E-state index contributed by atoms with van der Waals surface area (Å²) < 4.78 is 11.4. The summed E-state index contributed by atoms with van der Waals surface area (Å²) in [6, 6.07) is 14.4. The first-order chi connectivity index (χ1) is 10.3. The highest BCUT2D eigenvalue weighted by molar-refractivity contribution is 6.22. The number of alkyl halides is 1. The molecular weight excluding hydrogens is 284 g/mol. The molecule has 3 rings (SSSR count). The monoisotopic (exact) mass is 302 g/mol. The standard InChI is InChI=1S/C18H19ClO2/c1-2-13-4-6-14(7-5-13)18(19)15-8-9-16-17(12-15)21-11-3-10-20-16/h4-9,12,18H,2-3,10-11H2,1H3. The van der Waals surface area contributed by atoms with Crippen molar-refractivity contribution in [3.8, 4) is 11.5 Å². The normalized spacial score (nSPS) is 15.3. The summed E-state index contributed by atoms with van der Waals surface area (Å²) in [6.45, 7) is 3.54. The van der Waals surface area contributed by atoms with Crippen LogP contribution in [0, 0.1) is 0 Å². The van der Waals surface area contributed by atoms with Gasteiger partial charge in [0.1, 0.15) is 0 Å². The van der Waals surface area contributed by atoms with Gasteiger partial charge in [0.2, 0.25) is 0 Å². The fourth-order valence-corrected chi connectivity index (χ4v) is 2.73. The average molecular weight is 303 g/mol. The summed E-state index contributed by atoms with van der Waals surface area (Å²) in [5.74, 6) is 1.60. The zero-order valence-corrected chi connectivity index (χ0v) is 12.9. The van der Waals surface area contributed by atoms with Gasteiger partial charge in [-0.1, -0.05) is 37.3 Å². The Morgan fingerprint density at radius 1 is 0.952 bits per heavy atom. The third-order valence-electron chi connectivity index (χ3n) is 3.74. The van der Waals surface area contributed by atoms with Crippen LogP contribution in [-0.4, -0.2) is 13.2 Å². The van der Waals surface area contributed by atoms with Gasteiger partial charge in [-0.05, 0) is 35.2 Å². The Kier molecular flexibility index (Phi) is 4.35. The van der Waals surface area contributed by atoms with Crippen LogP contribution >= 0.6 is 11.6 Å². The van der Waals surface area contributed by atoms with E-state index in [1.165, 1.54) is 5.56 Å². The third kappa shape index (κ3) is 3.16. The average Bonchev–Trinajstić information content (AvgIpc) is 2.79. The van der Waals surface area contributed by atoms with E-state index in [2.05, 4.69) is 31.2 Å². The van der Waals surface area contributed by atoms with Gasteiger partial charge < -0.3 is 9.47 Å². The number of hydrogen-bond donors (Lipinski definition) is 0. The smallest absolute Gasteiger partial charge is 0.161 e. The third-order valence-corrected chi connectivity index (χ3v) is 4.25. The molecule has 2 aromatic carbocycles. The highest BCUT2D eigenvalue weighted by Gasteiger charge is 2.16. The van der Waals surface area contributed by atoms with Crippen LogP contribution in [0.5, 0.6) is 11.5 Å². The Labute approximate surface area is 130 Å². The maximum atomic E-state index is 6.61. The van der Waals surface area contributed by atoms with E-state index in [1.54, 1.807) is 0 Å². The summed E-state index contributed by atoms with van der Waals surface area (Å²) >= 11 is 6.61. The SMILES string of the molecule is CCc1ccc(C(Cl)c2ccc3c(c2)OCCCO3)cc1. The molecule has 3 heteroatoms. The molecule has 2 aromatic rings. The van der Waals surface area contributed by atoms with Crippen molar-refractivity contribution in [2.24, 2.45) is 0 Å².